The van der Waals surface area contributed by atoms with Crippen LogP contribution in [0.3, 0.4) is 0 Å². The zero-order valence-corrected chi connectivity index (χ0v) is 12.7. The number of hydrogen-bond acceptors (Lipinski definition) is 5. The van der Waals surface area contributed by atoms with Gasteiger partial charge in [0.05, 0.1) is 6.61 Å². The van der Waals surface area contributed by atoms with E-state index in [0.717, 1.165) is 0 Å². The highest BCUT2D eigenvalue weighted by atomic mass is 32.2. The van der Waals surface area contributed by atoms with E-state index in [0.29, 0.717) is 17.9 Å². The van der Waals surface area contributed by atoms with E-state index in [9.17, 15) is 14.1 Å². The average Bonchev–Trinajstić information content (AvgIpc) is 2.35. The monoisotopic (exact) mass is 298 g/mol. The molecule has 0 spiro atoms. The molecule has 1 aromatic rings. The van der Waals surface area contributed by atoms with E-state index in [4.69, 9.17) is 4.74 Å². The van der Waals surface area contributed by atoms with E-state index in [-0.39, 0.29) is 18.3 Å². The molecule has 0 fully saturated rings. The van der Waals surface area contributed by atoms with Gasteiger partial charge < -0.3 is 15.2 Å². The van der Waals surface area contributed by atoms with Gasteiger partial charge in [-0.1, -0.05) is 12.1 Å². The van der Waals surface area contributed by atoms with Gasteiger partial charge >= 0.3 is 5.97 Å². The van der Waals surface area contributed by atoms with Crippen molar-refractivity contribution in [2.45, 2.75) is 6.92 Å². The maximum Gasteiger partial charge on any atom is 0.325 e. The van der Waals surface area contributed by atoms with Crippen LogP contribution in [0.1, 0.15) is 12.5 Å². The summed E-state index contributed by atoms with van der Waals surface area (Å²) in [6.07, 6.45) is 3.08. The fraction of sp³-hybridized carbons (Fsp3) is 0.357. The normalized spacial score (nSPS) is 12.1. The fourth-order valence-electron chi connectivity index (χ4n) is 1.57. The molecule has 0 amide bonds. The van der Waals surface area contributed by atoms with Gasteiger partial charge in [0.1, 0.15) is 29.0 Å². The Hall–Kier alpha value is -1.82. The Labute approximate surface area is 120 Å². The van der Waals surface area contributed by atoms with Crippen molar-refractivity contribution < 1.29 is 18.8 Å². The van der Waals surface area contributed by atoms with Crippen molar-refractivity contribution in [3.8, 4) is 0 Å². The molecule has 0 aliphatic heterocycles. The summed E-state index contributed by atoms with van der Waals surface area (Å²) in [7, 11) is -2.21. The SMILES string of the molecule is CCOC(=O)CNc1ccccc1C(O)=C[S+](C)(C)=O. The molecule has 0 unspecified atom stereocenters. The molecular weight excluding hydrogens is 278 g/mol. The lowest BCUT2D eigenvalue weighted by atomic mass is 10.1. The molecule has 0 aliphatic rings. The Balaban J connectivity index is 2.91. The van der Waals surface area contributed by atoms with Crippen molar-refractivity contribution >= 4 is 27.3 Å². The molecule has 0 radical (unpaired) electrons. The number of carbonyl (C=O) groups is 1. The predicted molar refractivity (Wildman–Crippen MR) is 82.1 cm³/mol. The molecule has 1 rings (SSSR count). The van der Waals surface area contributed by atoms with Crippen LogP contribution in [-0.2, 0) is 23.7 Å². The highest BCUT2D eigenvalue weighted by Crippen LogP contribution is 2.23. The molecule has 1 aromatic carbocycles. The molecule has 2 N–H and O–H groups in total. The van der Waals surface area contributed by atoms with Gasteiger partial charge in [0.15, 0.2) is 11.2 Å². The first kappa shape index (κ1) is 16.2. The second-order valence-electron chi connectivity index (χ2n) is 4.52. The van der Waals surface area contributed by atoms with E-state index in [1.807, 2.05) is 0 Å². The predicted octanol–water partition coefficient (Wildman–Crippen LogP) is 2.28. The number of aliphatic hydroxyl groups is 1. The average molecular weight is 298 g/mol. The summed E-state index contributed by atoms with van der Waals surface area (Å²) in [5, 5.41) is 14.2. The molecule has 0 bridgehead atoms. The molecule has 20 heavy (non-hydrogen) atoms. The molecule has 0 atom stereocenters. The van der Waals surface area contributed by atoms with Crippen molar-refractivity contribution in [3.63, 3.8) is 0 Å². The van der Waals surface area contributed by atoms with E-state index in [1.165, 1.54) is 17.9 Å². The third-order valence-electron chi connectivity index (χ3n) is 2.33. The van der Waals surface area contributed by atoms with Gasteiger partial charge in [-0.2, -0.15) is 0 Å². The summed E-state index contributed by atoms with van der Waals surface area (Å²) in [4.78, 5) is 11.3. The Kier molecular flexibility index (Phi) is 5.76. The van der Waals surface area contributed by atoms with Crippen LogP contribution in [0.4, 0.5) is 5.69 Å². The van der Waals surface area contributed by atoms with Crippen LogP contribution in [0, 0.1) is 0 Å². The van der Waals surface area contributed by atoms with E-state index in [1.54, 1.807) is 31.2 Å². The number of carbonyl (C=O) groups excluding carboxylic acids is 1. The number of esters is 1. The maximum absolute atomic E-state index is 11.7. The van der Waals surface area contributed by atoms with Gasteiger partial charge in [0.25, 0.3) is 0 Å². The maximum atomic E-state index is 11.7. The molecule has 110 valence electrons. The van der Waals surface area contributed by atoms with Gasteiger partial charge in [0, 0.05) is 11.3 Å². The first-order valence-electron chi connectivity index (χ1n) is 6.17. The van der Waals surface area contributed by atoms with Crippen molar-refractivity contribution in [2.75, 3.05) is 31.0 Å². The number of hydrogen-bond donors (Lipinski definition) is 2. The number of rotatable bonds is 6. The molecule has 0 aliphatic carbocycles. The zero-order chi connectivity index (χ0) is 15.2. The van der Waals surface area contributed by atoms with E-state index < -0.39 is 9.93 Å². The quantitative estimate of drug-likeness (QED) is 0.479. The molecule has 0 aromatic heterocycles. The van der Waals surface area contributed by atoms with Crippen molar-refractivity contribution in [2.24, 2.45) is 0 Å². The number of ether oxygens (including phenoxy) is 1. The number of aliphatic hydroxyl groups excluding tert-OH is 1. The van der Waals surface area contributed by atoms with Crippen molar-refractivity contribution in [1.82, 2.24) is 0 Å². The Morgan fingerprint density at radius 2 is 2.05 bits per heavy atom. The van der Waals surface area contributed by atoms with Crippen LogP contribution < -0.4 is 5.32 Å². The third kappa shape index (κ3) is 5.44. The van der Waals surface area contributed by atoms with Crippen LogP contribution >= 0.6 is 0 Å². The second kappa shape index (κ2) is 7.09. The minimum atomic E-state index is -2.21. The first-order valence-corrected chi connectivity index (χ1v) is 8.61. The van der Waals surface area contributed by atoms with Crippen LogP contribution in [0.15, 0.2) is 29.7 Å². The summed E-state index contributed by atoms with van der Waals surface area (Å²) >= 11 is 0. The summed E-state index contributed by atoms with van der Waals surface area (Å²) in [5.41, 5.74) is 1.08. The smallest absolute Gasteiger partial charge is 0.325 e. The summed E-state index contributed by atoms with van der Waals surface area (Å²) in [6.45, 7) is 2.06. The molecule has 0 saturated carbocycles. The highest BCUT2D eigenvalue weighted by Gasteiger charge is 2.15. The van der Waals surface area contributed by atoms with Crippen LogP contribution in [0.5, 0.6) is 0 Å². The largest absolute Gasteiger partial charge is 0.503 e. The second-order valence-corrected chi connectivity index (χ2v) is 7.37. The molecular formula is C14H20NO4S+. The fourth-order valence-corrected chi connectivity index (χ4v) is 2.24. The third-order valence-corrected chi connectivity index (χ3v) is 3.12. The molecule has 5 nitrogen and oxygen atoms in total. The van der Waals surface area contributed by atoms with E-state index in [2.05, 4.69) is 5.32 Å². The Bertz CT molecular complexity index is 548. The summed E-state index contributed by atoms with van der Waals surface area (Å²) in [5.74, 6) is -0.451. The van der Waals surface area contributed by atoms with Gasteiger partial charge in [-0.25, -0.2) is 0 Å². The Morgan fingerprint density at radius 1 is 1.40 bits per heavy atom. The van der Waals surface area contributed by atoms with Crippen molar-refractivity contribution in [1.29, 1.82) is 0 Å². The number of benzene rings is 1. The topological polar surface area (TPSA) is 75.6 Å². The van der Waals surface area contributed by atoms with Gasteiger partial charge in [-0.15, -0.1) is 4.21 Å². The Morgan fingerprint density at radius 3 is 2.65 bits per heavy atom. The number of nitrogens with one attached hydrogen (secondary N) is 1. The summed E-state index contributed by atoms with van der Waals surface area (Å²) in [6, 6.07) is 6.94. The first-order chi connectivity index (χ1) is 9.33. The number of anilines is 1. The lowest BCUT2D eigenvalue weighted by molar-refractivity contribution is -0.140. The van der Waals surface area contributed by atoms with Gasteiger partial charge in [0.2, 0.25) is 0 Å². The van der Waals surface area contributed by atoms with Crippen LogP contribution in [-0.4, -0.2) is 36.7 Å². The zero-order valence-electron chi connectivity index (χ0n) is 11.9. The minimum Gasteiger partial charge on any atom is -0.503 e. The molecule has 0 saturated heterocycles. The summed E-state index contributed by atoms with van der Waals surface area (Å²) < 4.78 is 16.5. The van der Waals surface area contributed by atoms with Crippen LogP contribution in [0.2, 0.25) is 0 Å². The lowest BCUT2D eigenvalue weighted by Crippen LogP contribution is -2.17. The minimum absolute atomic E-state index is 0.00571. The molecule has 0 heterocycles. The number of para-hydroxylation sites is 1. The lowest BCUT2D eigenvalue weighted by Gasteiger charge is -2.10. The van der Waals surface area contributed by atoms with Gasteiger partial charge in [-0.05, 0) is 19.1 Å². The van der Waals surface area contributed by atoms with Gasteiger partial charge in [-0.3, -0.25) is 4.79 Å². The van der Waals surface area contributed by atoms with E-state index >= 15 is 0 Å². The van der Waals surface area contributed by atoms with Crippen molar-refractivity contribution in [3.05, 3.63) is 35.2 Å². The molecule has 6 heteroatoms. The standard InChI is InChI=1S/C14H19NO4S/c1-4-19-14(17)9-15-12-8-6-5-7-11(12)13(16)10-20(2,3)18/h5-8,10H,4,9H2,1-3H3,(H-,15,16,18)/p+1. The van der Waals surface area contributed by atoms with Crippen LogP contribution in [0.25, 0.3) is 5.76 Å². The highest BCUT2D eigenvalue weighted by molar-refractivity contribution is 8.04.